The Labute approximate surface area is 101 Å². The second-order valence-corrected chi connectivity index (χ2v) is 5.37. The first-order valence-electron chi connectivity index (χ1n) is 6.09. The van der Waals surface area contributed by atoms with Crippen LogP contribution in [0, 0.1) is 5.41 Å². The van der Waals surface area contributed by atoms with Crippen molar-refractivity contribution < 1.29 is 9.90 Å². The number of rotatable bonds is 0. The number of phenolic OH excluding ortho intramolecular Hbond substituents is 1. The molecule has 0 bridgehead atoms. The highest BCUT2D eigenvalue weighted by atomic mass is 16.3. The van der Waals surface area contributed by atoms with Crippen LogP contribution in [-0.4, -0.2) is 10.9 Å². The summed E-state index contributed by atoms with van der Waals surface area (Å²) in [5, 5.41) is 9.97. The third kappa shape index (κ3) is 1.24. The molecule has 0 heterocycles. The fraction of sp³-hybridized carbons (Fsp3) is 0.400. The molecule has 0 radical (unpaired) electrons. The first-order valence-corrected chi connectivity index (χ1v) is 6.09. The monoisotopic (exact) mass is 228 g/mol. The van der Waals surface area contributed by atoms with E-state index in [0.717, 1.165) is 23.1 Å². The third-order valence-corrected chi connectivity index (χ3v) is 4.35. The van der Waals surface area contributed by atoms with E-state index in [1.165, 1.54) is 0 Å². The number of aromatic hydroxyl groups is 1. The van der Waals surface area contributed by atoms with Gasteiger partial charge in [0.25, 0.3) is 0 Å². The molecule has 0 aliphatic heterocycles. The lowest BCUT2D eigenvalue weighted by atomic mass is 9.68. The summed E-state index contributed by atoms with van der Waals surface area (Å²) in [7, 11) is 0. The predicted molar refractivity (Wildman–Crippen MR) is 66.8 cm³/mol. The highest BCUT2D eigenvalue weighted by Crippen LogP contribution is 2.54. The average molecular weight is 228 g/mol. The minimum absolute atomic E-state index is 0.237. The molecule has 0 aromatic heterocycles. The molecule has 0 unspecified atom stereocenters. The van der Waals surface area contributed by atoms with Crippen molar-refractivity contribution in [3.8, 4) is 5.75 Å². The Hall–Kier alpha value is -1.57. The van der Waals surface area contributed by atoms with Crippen LogP contribution in [0.2, 0.25) is 0 Å². The van der Waals surface area contributed by atoms with Crippen molar-refractivity contribution in [2.24, 2.45) is 5.41 Å². The van der Waals surface area contributed by atoms with E-state index in [-0.39, 0.29) is 11.3 Å². The second kappa shape index (κ2) is 3.22. The molecule has 2 atom stereocenters. The van der Waals surface area contributed by atoms with Gasteiger partial charge in [0.15, 0.2) is 0 Å². The summed E-state index contributed by atoms with van der Waals surface area (Å²) in [6.07, 6.45) is 3.60. The number of ketones is 1. The van der Waals surface area contributed by atoms with Crippen molar-refractivity contribution >= 4 is 11.4 Å². The average Bonchev–Trinajstić information content (AvgIpc) is 2.55. The summed E-state index contributed by atoms with van der Waals surface area (Å²) >= 11 is 0. The Morgan fingerprint density at radius 2 is 2.18 bits per heavy atom. The highest BCUT2D eigenvalue weighted by molar-refractivity contribution is 5.94. The largest absolute Gasteiger partial charge is 0.507 e. The standard InChI is InChI=1S/C15H16O2/c1-9-8-15(2)11(6-7-13(15)17)10-4-3-5-12(16)14(9)10/h3-5,8,11,16H,6-7H2,1-2H3/t11-,15+/m1/s1. The van der Waals surface area contributed by atoms with Crippen LogP contribution in [0.4, 0.5) is 0 Å². The predicted octanol–water partition coefficient (Wildman–Crippen LogP) is 3.26. The van der Waals surface area contributed by atoms with E-state index in [4.69, 9.17) is 0 Å². The van der Waals surface area contributed by atoms with Crippen molar-refractivity contribution in [2.45, 2.75) is 32.6 Å². The SMILES string of the molecule is CC1=C[C@]2(C)C(=O)CC[C@@H]2c2cccc(O)c21. The van der Waals surface area contributed by atoms with Gasteiger partial charge < -0.3 is 5.11 Å². The van der Waals surface area contributed by atoms with E-state index in [1.807, 2.05) is 26.0 Å². The summed E-state index contributed by atoms with van der Waals surface area (Å²) in [4.78, 5) is 12.1. The van der Waals surface area contributed by atoms with E-state index in [1.54, 1.807) is 6.07 Å². The van der Waals surface area contributed by atoms with E-state index >= 15 is 0 Å². The zero-order valence-electron chi connectivity index (χ0n) is 10.2. The molecule has 2 heteroatoms. The van der Waals surface area contributed by atoms with Gasteiger partial charge in [-0.25, -0.2) is 0 Å². The first kappa shape index (κ1) is 10.6. The van der Waals surface area contributed by atoms with Crippen LogP contribution in [0.3, 0.4) is 0 Å². The minimum Gasteiger partial charge on any atom is -0.507 e. The molecular formula is C15H16O2. The number of fused-ring (bicyclic) bond motifs is 3. The lowest BCUT2D eigenvalue weighted by molar-refractivity contribution is -0.123. The topological polar surface area (TPSA) is 37.3 Å². The van der Waals surface area contributed by atoms with Crippen molar-refractivity contribution in [2.75, 3.05) is 0 Å². The van der Waals surface area contributed by atoms with Gasteiger partial charge in [0.2, 0.25) is 0 Å². The normalized spacial score (nSPS) is 30.8. The van der Waals surface area contributed by atoms with Gasteiger partial charge in [-0.1, -0.05) is 18.2 Å². The third-order valence-electron chi connectivity index (χ3n) is 4.35. The molecule has 0 spiro atoms. The highest BCUT2D eigenvalue weighted by Gasteiger charge is 2.48. The van der Waals surface area contributed by atoms with Crippen LogP contribution in [0.15, 0.2) is 24.3 Å². The maximum atomic E-state index is 12.1. The lowest BCUT2D eigenvalue weighted by Crippen LogP contribution is -2.28. The van der Waals surface area contributed by atoms with Gasteiger partial charge in [0.05, 0.1) is 5.41 Å². The van der Waals surface area contributed by atoms with Crippen molar-refractivity contribution in [1.29, 1.82) is 0 Å². The number of carbonyl (C=O) groups excluding carboxylic acids is 1. The molecule has 0 saturated heterocycles. The lowest BCUT2D eigenvalue weighted by Gasteiger charge is -2.34. The van der Waals surface area contributed by atoms with Gasteiger partial charge in [-0.2, -0.15) is 0 Å². The molecule has 1 aromatic carbocycles. The number of hydrogen-bond donors (Lipinski definition) is 1. The number of hydrogen-bond acceptors (Lipinski definition) is 2. The molecule has 17 heavy (non-hydrogen) atoms. The van der Waals surface area contributed by atoms with Crippen LogP contribution in [0.1, 0.15) is 43.7 Å². The van der Waals surface area contributed by atoms with Crippen LogP contribution in [0.5, 0.6) is 5.75 Å². The van der Waals surface area contributed by atoms with Gasteiger partial charge >= 0.3 is 0 Å². The molecule has 2 aliphatic carbocycles. The maximum Gasteiger partial charge on any atom is 0.143 e. The summed E-state index contributed by atoms with van der Waals surface area (Å²) in [5.74, 6) is 0.897. The van der Waals surface area contributed by atoms with Crippen LogP contribution in [0.25, 0.3) is 5.57 Å². The van der Waals surface area contributed by atoms with Crippen molar-refractivity contribution in [3.63, 3.8) is 0 Å². The molecule has 3 rings (SSSR count). The minimum atomic E-state index is -0.356. The Morgan fingerprint density at radius 3 is 2.94 bits per heavy atom. The molecular weight excluding hydrogens is 212 g/mol. The molecule has 88 valence electrons. The number of phenols is 1. The van der Waals surface area contributed by atoms with Gasteiger partial charge in [-0.3, -0.25) is 4.79 Å². The molecule has 2 aliphatic rings. The van der Waals surface area contributed by atoms with E-state index < -0.39 is 0 Å². The van der Waals surface area contributed by atoms with E-state index in [2.05, 4.69) is 6.08 Å². The quantitative estimate of drug-likeness (QED) is 0.740. The fourth-order valence-electron chi connectivity index (χ4n) is 3.50. The van der Waals surface area contributed by atoms with Crippen molar-refractivity contribution in [3.05, 3.63) is 35.4 Å². The van der Waals surface area contributed by atoms with Crippen molar-refractivity contribution in [1.82, 2.24) is 0 Å². The Bertz CT molecular complexity index is 542. The Kier molecular flexibility index (Phi) is 2.00. The zero-order chi connectivity index (χ0) is 12.2. The summed E-state index contributed by atoms with van der Waals surface area (Å²) < 4.78 is 0. The maximum absolute atomic E-state index is 12.1. The van der Waals surface area contributed by atoms with Gasteiger partial charge in [-0.15, -0.1) is 0 Å². The molecule has 1 aromatic rings. The number of carbonyl (C=O) groups is 1. The molecule has 1 fully saturated rings. The van der Waals surface area contributed by atoms with Gasteiger partial charge in [0, 0.05) is 17.9 Å². The van der Waals surface area contributed by atoms with E-state index in [0.29, 0.717) is 18.0 Å². The van der Waals surface area contributed by atoms with Gasteiger partial charge in [-0.05, 0) is 37.5 Å². The molecule has 2 nitrogen and oxygen atoms in total. The number of allylic oxidation sites excluding steroid dienone is 2. The fourth-order valence-corrected chi connectivity index (χ4v) is 3.50. The number of Topliss-reactive ketones (excluding diaryl/α,β-unsaturated/α-hetero) is 1. The molecule has 0 amide bonds. The molecule has 1 saturated carbocycles. The van der Waals surface area contributed by atoms with Crippen LogP contribution < -0.4 is 0 Å². The zero-order valence-corrected chi connectivity index (χ0v) is 10.2. The summed E-state index contributed by atoms with van der Waals surface area (Å²) in [6, 6.07) is 5.64. The van der Waals surface area contributed by atoms with Gasteiger partial charge in [0.1, 0.15) is 11.5 Å². The molecule has 1 N–H and O–H groups in total. The Balaban J connectivity index is 2.28. The smallest absolute Gasteiger partial charge is 0.143 e. The van der Waals surface area contributed by atoms with Crippen LogP contribution >= 0.6 is 0 Å². The summed E-state index contributed by atoms with van der Waals surface area (Å²) in [6.45, 7) is 4.01. The number of benzene rings is 1. The van der Waals surface area contributed by atoms with E-state index in [9.17, 15) is 9.90 Å². The first-order chi connectivity index (χ1) is 8.04. The summed E-state index contributed by atoms with van der Waals surface area (Å²) in [5.41, 5.74) is 2.74. The Morgan fingerprint density at radius 1 is 1.41 bits per heavy atom. The van der Waals surface area contributed by atoms with Crippen LogP contribution in [-0.2, 0) is 4.79 Å². The second-order valence-electron chi connectivity index (χ2n) is 5.37.